The minimum Gasteiger partial charge on any atom is -0.481 e. The number of unbranched alkanes of at least 4 members (excludes halogenated alkanes) is 1. The van der Waals surface area contributed by atoms with Crippen molar-refractivity contribution in [1.29, 1.82) is 0 Å². The van der Waals surface area contributed by atoms with E-state index in [1.54, 1.807) is 6.92 Å². The van der Waals surface area contributed by atoms with E-state index in [-0.39, 0.29) is 31.6 Å². The van der Waals surface area contributed by atoms with Gasteiger partial charge in [-0.2, -0.15) is 0 Å². The fourth-order valence-electron chi connectivity index (χ4n) is 1.53. The molecule has 0 bridgehead atoms. The van der Waals surface area contributed by atoms with Crippen LogP contribution in [0.5, 0.6) is 0 Å². The maximum Gasteiger partial charge on any atom is 0.325 e. The van der Waals surface area contributed by atoms with Crippen molar-refractivity contribution in [2.75, 3.05) is 19.7 Å². The Bertz CT molecular complexity index is 331. The number of rotatable bonds is 9. The minimum atomic E-state index is -0.845. The van der Waals surface area contributed by atoms with Crippen molar-refractivity contribution < 1.29 is 24.2 Å². The number of nitrogens with zero attached hydrogens (tertiary/aromatic N) is 1. The Kier molecular flexibility index (Phi) is 9.15. The molecule has 116 valence electrons. The van der Waals surface area contributed by atoms with Gasteiger partial charge in [0.15, 0.2) is 0 Å². The molecule has 0 aliphatic heterocycles. The first-order valence-corrected chi connectivity index (χ1v) is 6.80. The van der Waals surface area contributed by atoms with Crippen LogP contribution in [0.3, 0.4) is 0 Å². The zero-order chi connectivity index (χ0) is 15.5. The second-order valence-corrected chi connectivity index (χ2v) is 4.61. The van der Waals surface area contributed by atoms with E-state index in [0.29, 0.717) is 19.4 Å². The van der Waals surface area contributed by atoms with Gasteiger partial charge in [0.1, 0.15) is 6.54 Å². The highest BCUT2D eigenvalue weighted by Crippen LogP contribution is 2.00. The van der Waals surface area contributed by atoms with Crippen LogP contribution >= 0.6 is 0 Å². The predicted octanol–water partition coefficient (Wildman–Crippen LogP) is 1.22. The summed E-state index contributed by atoms with van der Waals surface area (Å²) in [6, 6.07) is -0.471. The van der Waals surface area contributed by atoms with Gasteiger partial charge >= 0.3 is 18.0 Å². The molecule has 0 aliphatic carbocycles. The van der Waals surface area contributed by atoms with Gasteiger partial charge in [-0.05, 0) is 33.6 Å². The lowest BCUT2D eigenvalue weighted by atomic mass is 10.2. The van der Waals surface area contributed by atoms with Crippen LogP contribution in [0.2, 0.25) is 0 Å². The molecule has 0 heterocycles. The first-order valence-electron chi connectivity index (χ1n) is 6.80. The van der Waals surface area contributed by atoms with E-state index in [1.165, 1.54) is 4.90 Å². The molecule has 2 amide bonds. The molecule has 0 aromatic carbocycles. The largest absolute Gasteiger partial charge is 0.481 e. The van der Waals surface area contributed by atoms with Crippen molar-refractivity contribution in [1.82, 2.24) is 10.2 Å². The topological polar surface area (TPSA) is 95.9 Å². The third-order valence-corrected chi connectivity index (χ3v) is 2.58. The normalized spacial score (nSPS) is 10.2. The predicted molar refractivity (Wildman–Crippen MR) is 73.4 cm³/mol. The molecule has 0 saturated carbocycles. The Labute approximate surface area is 119 Å². The third-order valence-electron chi connectivity index (χ3n) is 2.58. The standard InChI is InChI=1S/C13H24N2O5/c1-4-20-12(18)9-15(10(2)3)13(19)14-8-6-5-7-11(16)17/h10H,4-9H2,1-3H3,(H,14,19)(H,16,17). The van der Waals surface area contributed by atoms with Crippen molar-refractivity contribution in [2.24, 2.45) is 0 Å². The Balaban J connectivity index is 4.10. The summed E-state index contributed by atoms with van der Waals surface area (Å²) >= 11 is 0. The Hall–Kier alpha value is -1.79. The molecule has 0 radical (unpaired) electrons. The van der Waals surface area contributed by atoms with Crippen molar-refractivity contribution in [3.8, 4) is 0 Å². The maximum atomic E-state index is 11.9. The molecule has 0 aromatic rings. The average molecular weight is 288 g/mol. The molecule has 20 heavy (non-hydrogen) atoms. The van der Waals surface area contributed by atoms with Gasteiger partial charge in [0, 0.05) is 19.0 Å². The summed E-state index contributed by atoms with van der Waals surface area (Å²) < 4.78 is 4.82. The number of amides is 2. The van der Waals surface area contributed by atoms with E-state index in [0.717, 1.165) is 0 Å². The summed E-state index contributed by atoms with van der Waals surface area (Å²) in [5.41, 5.74) is 0. The van der Waals surface area contributed by atoms with Gasteiger partial charge in [-0.25, -0.2) is 4.79 Å². The molecule has 0 spiro atoms. The smallest absolute Gasteiger partial charge is 0.325 e. The number of ether oxygens (including phenoxy) is 1. The van der Waals surface area contributed by atoms with Crippen LogP contribution in [-0.2, 0) is 14.3 Å². The monoisotopic (exact) mass is 288 g/mol. The van der Waals surface area contributed by atoms with Crippen LogP contribution in [0.25, 0.3) is 0 Å². The third kappa shape index (κ3) is 8.34. The number of carboxylic acids is 1. The van der Waals surface area contributed by atoms with Crippen molar-refractivity contribution in [2.45, 2.75) is 46.1 Å². The molecule has 0 rings (SSSR count). The maximum absolute atomic E-state index is 11.9. The fourth-order valence-corrected chi connectivity index (χ4v) is 1.53. The first kappa shape index (κ1) is 18.2. The summed E-state index contributed by atoms with van der Waals surface area (Å²) in [5.74, 6) is -1.29. The fraction of sp³-hybridized carbons (Fsp3) is 0.769. The molecule has 7 nitrogen and oxygen atoms in total. The quantitative estimate of drug-likeness (QED) is 0.491. The molecule has 0 atom stereocenters. The number of aliphatic carboxylic acids is 1. The van der Waals surface area contributed by atoms with Gasteiger partial charge in [0.05, 0.1) is 6.61 Å². The van der Waals surface area contributed by atoms with Crippen LogP contribution in [0.4, 0.5) is 4.79 Å². The summed E-state index contributed by atoms with van der Waals surface area (Å²) in [6.45, 7) is 5.90. The van der Waals surface area contributed by atoms with Crippen LogP contribution < -0.4 is 5.32 Å². The summed E-state index contributed by atoms with van der Waals surface area (Å²) in [4.78, 5) is 35.0. The summed E-state index contributed by atoms with van der Waals surface area (Å²) in [5, 5.41) is 11.2. The SMILES string of the molecule is CCOC(=O)CN(C(=O)NCCCCC(=O)O)C(C)C. The lowest BCUT2D eigenvalue weighted by molar-refractivity contribution is -0.144. The number of urea groups is 1. The lowest BCUT2D eigenvalue weighted by Gasteiger charge is -2.25. The van der Waals surface area contributed by atoms with E-state index in [9.17, 15) is 14.4 Å². The Morgan fingerprint density at radius 2 is 1.90 bits per heavy atom. The van der Waals surface area contributed by atoms with Gasteiger partial charge < -0.3 is 20.1 Å². The molecule has 2 N–H and O–H groups in total. The number of carbonyl (C=O) groups is 3. The van der Waals surface area contributed by atoms with Gasteiger partial charge in [0.25, 0.3) is 0 Å². The number of carbonyl (C=O) groups excluding carboxylic acids is 2. The van der Waals surface area contributed by atoms with Crippen LogP contribution in [0, 0.1) is 0 Å². The highest BCUT2D eigenvalue weighted by Gasteiger charge is 2.20. The van der Waals surface area contributed by atoms with E-state index >= 15 is 0 Å². The van der Waals surface area contributed by atoms with Crippen LogP contribution in [0.15, 0.2) is 0 Å². The Morgan fingerprint density at radius 3 is 2.40 bits per heavy atom. The van der Waals surface area contributed by atoms with Gasteiger partial charge in [-0.15, -0.1) is 0 Å². The molecule has 0 aliphatic rings. The Morgan fingerprint density at radius 1 is 1.25 bits per heavy atom. The molecule has 0 saturated heterocycles. The van der Waals surface area contributed by atoms with Crippen LogP contribution in [0.1, 0.15) is 40.0 Å². The number of esters is 1. The highest BCUT2D eigenvalue weighted by atomic mass is 16.5. The number of carboxylic acid groups (broad SMARTS) is 1. The van der Waals surface area contributed by atoms with Crippen molar-refractivity contribution in [3.63, 3.8) is 0 Å². The summed E-state index contributed by atoms with van der Waals surface area (Å²) in [6.07, 6.45) is 1.19. The van der Waals surface area contributed by atoms with Gasteiger partial charge in [-0.3, -0.25) is 9.59 Å². The first-order chi connectivity index (χ1) is 9.38. The zero-order valence-corrected chi connectivity index (χ0v) is 12.3. The average Bonchev–Trinajstić information content (AvgIpc) is 2.34. The minimum absolute atomic E-state index is 0.0899. The number of hydrogen-bond acceptors (Lipinski definition) is 4. The van der Waals surface area contributed by atoms with Gasteiger partial charge in [-0.1, -0.05) is 0 Å². The van der Waals surface area contributed by atoms with E-state index < -0.39 is 11.9 Å². The molecule has 7 heteroatoms. The molecule has 0 fully saturated rings. The van der Waals surface area contributed by atoms with Crippen molar-refractivity contribution >= 4 is 18.0 Å². The molecular weight excluding hydrogens is 264 g/mol. The van der Waals surface area contributed by atoms with E-state index in [4.69, 9.17) is 9.84 Å². The van der Waals surface area contributed by atoms with Gasteiger partial charge in [0.2, 0.25) is 0 Å². The van der Waals surface area contributed by atoms with Crippen LogP contribution in [-0.4, -0.2) is 53.7 Å². The molecule has 0 unspecified atom stereocenters. The summed E-state index contributed by atoms with van der Waals surface area (Å²) in [7, 11) is 0. The highest BCUT2D eigenvalue weighted by molar-refractivity contribution is 5.81. The lowest BCUT2D eigenvalue weighted by Crippen LogP contribution is -2.47. The second kappa shape index (κ2) is 10.1. The molecule has 0 aromatic heterocycles. The second-order valence-electron chi connectivity index (χ2n) is 4.61. The number of nitrogens with one attached hydrogen (secondary N) is 1. The number of hydrogen-bond donors (Lipinski definition) is 2. The van der Waals surface area contributed by atoms with E-state index in [1.807, 2.05) is 13.8 Å². The zero-order valence-electron chi connectivity index (χ0n) is 12.3. The molecular formula is C13H24N2O5. The van der Waals surface area contributed by atoms with Crippen molar-refractivity contribution in [3.05, 3.63) is 0 Å². The van der Waals surface area contributed by atoms with E-state index in [2.05, 4.69) is 5.32 Å².